The predicted octanol–water partition coefficient (Wildman–Crippen LogP) is 4.59. The number of nitrogens with zero attached hydrogens (tertiary/aromatic N) is 2. The first kappa shape index (κ1) is 19.3. The number of halogens is 1. The van der Waals surface area contributed by atoms with Crippen LogP contribution in [0.2, 0.25) is 0 Å². The lowest BCUT2D eigenvalue weighted by atomic mass is 10.1. The van der Waals surface area contributed by atoms with Gasteiger partial charge in [-0.05, 0) is 39.8 Å². The van der Waals surface area contributed by atoms with Crippen LogP contribution in [0, 0.1) is 0 Å². The van der Waals surface area contributed by atoms with Gasteiger partial charge in [0.25, 0.3) is 0 Å². The summed E-state index contributed by atoms with van der Waals surface area (Å²) in [6.45, 7) is 7.50. The van der Waals surface area contributed by atoms with Crippen molar-refractivity contribution >= 4 is 27.4 Å². The van der Waals surface area contributed by atoms with Crippen molar-refractivity contribution in [2.24, 2.45) is 0 Å². The van der Waals surface area contributed by atoms with Gasteiger partial charge >= 0.3 is 0 Å². The van der Waals surface area contributed by atoms with Crippen molar-refractivity contribution < 1.29 is 19.3 Å². The third kappa shape index (κ3) is 4.84. The number of benzene rings is 1. The first-order valence-corrected chi connectivity index (χ1v) is 9.44. The second-order valence-corrected chi connectivity index (χ2v) is 8.06. The molecule has 0 aliphatic rings. The summed E-state index contributed by atoms with van der Waals surface area (Å²) in [5, 5.41) is 16.2. The molecule has 3 rings (SSSR count). The molecule has 2 aromatic heterocycles. The van der Waals surface area contributed by atoms with Crippen molar-refractivity contribution in [3.63, 3.8) is 0 Å². The molecule has 0 aliphatic carbocycles. The maximum Gasteiger partial charge on any atom is 0.183 e. The summed E-state index contributed by atoms with van der Waals surface area (Å²) in [5.41, 5.74) is 0.687. The molecule has 0 radical (unpaired) electrons. The molecule has 27 heavy (non-hydrogen) atoms. The number of ether oxygens (including phenoxy) is 1. The molecular weight excluding hydrogens is 369 g/mol. The zero-order valence-electron chi connectivity index (χ0n) is 15.6. The number of pyridine rings is 1. The van der Waals surface area contributed by atoms with E-state index >= 15 is 0 Å². The van der Waals surface area contributed by atoms with E-state index in [1.165, 1.54) is 17.4 Å². The zero-order valence-corrected chi connectivity index (χ0v) is 16.4. The van der Waals surface area contributed by atoms with Crippen molar-refractivity contribution in [1.29, 1.82) is 0 Å². The van der Waals surface area contributed by atoms with Gasteiger partial charge in [-0.2, -0.15) is 0 Å². The predicted molar refractivity (Wildman–Crippen MR) is 105 cm³/mol. The lowest BCUT2D eigenvalue weighted by Gasteiger charge is -2.18. The summed E-state index contributed by atoms with van der Waals surface area (Å²) >= 11 is 1.46. The van der Waals surface area contributed by atoms with Crippen LogP contribution >= 0.6 is 11.3 Å². The minimum absolute atomic E-state index is 0.0652. The highest BCUT2D eigenvalue weighted by atomic mass is 32.1. The number of hydrogen-bond donors (Lipinski definition) is 2. The summed E-state index contributed by atoms with van der Waals surface area (Å²) in [4.78, 5) is 13.1. The number of anilines is 1. The molecule has 1 aromatic carbocycles. The number of fused-ring (bicyclic) bond motifs is 1. The second kappa shape index (κ2) is 7.66. The van der Waals surface area contributed by atoms with Crippen molar-refractivity contribution in [2.75, 3.05) is 11.9 Å². The molecule has 2 N–H and O–H groups in total. The van der Waals surface area contributed by atoms with E-state index in [0.717, 1.165) is 5.13 Å². The van der Waals surface area contributed by atoms with Gasteiger partial charge in [-0.15, -0.1) is 11.3 Å². The van der Waals surface area contributed by atoms with Gasteiger partial charge in [-0.3, -0.25) is 4.94 Å². The Balaban J connectivity index is 1.97. The van der Waals surface area contributed by atoms with Crippen LogP contribution in [0.25, 0.3) is 22.3 Å². The van der Waals surface area contributed by atoms with E-state index in [1.54, 1.807) is 32.0 Å². The lowest BCUT2D eigenvalue weighted by molar-refractivity contribution is -0.00424. The van der Waals surface area contributed by atoms with Crippen LogP contribution in [0.5, 0.6) is 11.5 Å². The highest BCUT2D eigenvalue weighted by molar-refractivity contribution is 7.14. The molecule has 0 amide bonds. The standard InChI is InChI=1S/C19H22FN3O3S/c1-11(2)21-18-23-16(9-27-18)15-8-17(26-20)13-6-5-12(7-14(13)22-15)25-10-19(3,4)24/h5-9,11,24H,10H2,1-4H3,(H,21,23). The average molecular weight is 391 g/mol. The summed E-state index contributed by atoms with van der Waals surface area (Å²) in [6, 6.07) is 6.83. The normalized spacial score (nSPS) is 11.8. The summed E-state index contributed by atoms with van der Waals surface area (Å²) in [6.07, 6.45) is 0. The number of nitrogens with one attached hydrogen (secondary N) is 1. The molecule has 0 bridgehead atoms. The Kier molecular flexibility index (Phi) is 5.48. The minimum atomic E-state index is -0.960. The Morgan fingerprint density at radius 1 is 1.22 bits per heavy atom. The van der Waals surface area contributed by atoms with Crippen LogP contribution in [0.3, 0.4) is 0 Å². The van der Waals surface area contributed by atoms with Crippen LogP contribution < -0.4 is 15.0 Å². The summed E-state index contributed by atoms with van der Waals surface area (Å²) < 4.78 is 18.7. The van der Waals surface area contributed by atoms with E-state index in [2.05, 4.69) is 20.2 Å². The fraction of sp³-hybridized carbons (Fsp3) is 0.368. The molecule has 0 fully saturated rings. The van der Waals surface area contributed by atoms with Crippen LogP contribution in [0.1, 0.15) is 27.7 Å². The van der Waals surface area contributed by atoms with Crippen molar-refractivity contribution in [1.82, 2.24) is 9.97 Å². The van der Waals surface area contributed by atoms with Crippen LogP contribution in [-0.4, -0.2) is 33.3 Å². The van der Waals surface area contributed by atoms with Crippen LogP contribution in [0.4, 0.5) is 9.66 Å². The molecule has 0 aliphatic heterocycles. The monoisotopic (exact) mass is 391 g/mol. The molecule has 2 heterocycles. The number of aliphatic hydroxyl groups is 1. The van der Waals surface area contributed by atoms with Gasteiger partial charge in [0.05, 0.1) is 16.8 Å². The third-order valence-corrected chi connectivity index (χ3v) is 4.37. The zero-order chi connectivity index (χ0) is 19.6. The minimum Gasteiger partial charge on any atom is -0.491 e. The summed E-state index contributed by atoms with van der Waals surface area (Å²) in [5.74, 6) is 0.593. The molecule has 0 atom stereocenters. The van der Waals surface area contributed by atoms with Gasteiger partial charge in [-0.25, -0.2) is 9.97 Å². The maximum atomic E-state index is 13.1. The van der Waals surface area contributed by atoms with E-state index in [4.69, 9.17) is 4.74 Å². The Labute approximate surface area is 160 Å². The fourth-order valence-corrected chi connectivity index (χ4v) is 3.28. The molecule has 0 unspecified atom stereocenters. The largest absolute Gasteiger partial charge is 0.491 e. The molecule has 0 saturated carbocycles. The topological polar surface area (TPSA) is 76.5 Å². The van der Waals surface area contributed by atoms with Crippen molar-refractivity contribution in [3.05, 3.63) is 29.6 Å². The van der Waals surface area contributed by atoms with Gasteiger partial charge in [-0.1, -0.05) is 0 Å². The lowest BCUT2D eigenvalue weighted by Crippen LogP contribution is -2.27. The molecule has 6 nitrogen and oxygen atoms in total. The molecular formula is C19H22FN3O3S. The quantitative estimate of drug-likeness (QED) is 0.613. The van der Waals surface area contributed by atoms with Gasteiger partial charge < -0.3 is 15.2 Å². The van der Waals surface area contributed by atoms with Gasteiger partial charge in [0, 0.05) is 33.5 Å². The van der Waals surface area contributed by atoms with Gasteiger partial charge in [0.1, 0.15) is 18.1 Å². The van der Waals surface area contributed by atoms with Crippen molar-refractivity contribution in [3.8, 4) is 22.9 Å². The van der Waals surface area contributed by atoms with E-state index < -0.39 is 5.60 Å². The Bertz CT molecular complexity index is 938. The Morgan fingerprint density at radius 2 is 2.00 bits per heavy atom. The highest BCUT2D eigenvalue weighted by Gasteiger charge is 2.16. The van der Waals surface area contributed by atoms with E-state index in [9.17, 15) is 9.63 Å². The average Bonchev–Trinajstić information content (AvgIpc) is 3.05. The molecule has 144 valence electrons. The maximum absolute atomic E-state index is 13.1. The first-order chi connectivity index (χ1) is 12.7. The molecule has 3 aromatic rings. The molecule has 8 heteroatoms. The van der Waals surface area contributed by atoms with E-state index in [1.807, 2.05) is 19.2 Å². The molecule has 0 spiro atoms. The van der Waals surface area contributed by atoms with E-state index in [0.29, 0.717) is 28.0 Å². The van der Waals surface area contributed by atoms with E-state index in [-0.39, 0.29) is 18.4 Å². The number of hydrogen-bond acceptors (Lipinski definition) is 7. The smallest absolute Gasteiger partial charge is 0.183 e. The number of thiazole rings is 1. The van der Waals surface area contributed by atoms with Crippen LogP contribution in [0.15, 0.2) is 29.6 Å². The number of aromatic nitrogens is 2. The fourth-order valence-electron chi connectivity index (χ4n) is 2.43. The Hall–Kier alpha value is -2.45. The second-order valence-electron chi connectivity index (χ2n) is 7.20. The molecule has 0 saturated heterocycles. The van der Waals surface area contributed by atoms with Gasteiger partial charge in [0.15, 0.2) is 10.9 Å². The first-order valence-electron chi connectivity index (χ1n) is 8.56. The van der Waals surface area contributed by atoms with Gasteiger partial charge in [0.2, 0.25) is 0 Å². The summed E-state index contributed by atoms with van der Waals surface area (Å²) in [7, 11) is 0. The SMILES string of the molecule is CC(C)Nc1nc(-c2cc(OF)c3ccc(OCC(C)(C)O)cc3n2)cs1. The third-order valence-electron chi connectivity index (χ3n) is 3.60. The number of rotatable bonds is 7. The van der Waals surface area contributed by atoms with Crippen molar-refractivity contribution in [2.45, 2.75) is 39.3 Å². The highest BCUT2D eigenvalue weighted by Crippen LogP contribution is 2.33. The van der Waals surface area contributed by atoms with Crippen LogP contribution in [-0.2, 0) is 0 Å². The Morgan fingerprint density at radius 3 is 2.67 bits per heavy atom.